The molecule has 0 spiro atoms. The number of rotatable bonds is 3. The topological polar surface area (TPSA) is 52.2 Å². The van der Waals surface area contributed by atoms with E-state index in [4.69, 9.17) is 39.3 Å². The second kappa shape index (κ2) is 6.26. The van der Waals surface area contributed by atoms with Crippen LogP contribution >= 0.6 is 46.6 Å². The first kappa shape index (κ1) is 15.5. The van der Waals surface area contributed by atoms with Gasteiger partial charge >= 0.3 is 10.9 Å². The predicted octanol–water partition coefficient (Wildman–Crippen LogP) is 4.56. The first-order valence-corrected chi connectivity index (χ1v) is 7.51. The Bertz CT molecular complexity index is 723. The summed E-state index contributed by atoms with van der Waals surface area (Å²) in [5, 5.41) is 0.0766. The Kier molecular flexibility index (Phi) is 4.86. The first-order valence-electron chi connectivity index (χ1n) is 5.39. The number of hydrogen-bond donors (Lipinski definition) is 0. The van der Waals surface area contributed by atoms with Gasteiger partial charge in [-0.15, -0.1) is 11.8 Å². The molecule has 1 aromatic carbocycles. The summed E-state index contributed by atoms with van der Waals surface area (Å²) in [5.41, 5.74) is 0.252. The lowest BCUT2D eigenvalue weighted by Crippen LogP contribution is -2.18. The molecule has 0 amide bonds. The van der Waals surface area contributed by atoms with E-state index in [1.165, 1.54) is 11.8 Å². The minimum Gasteiger partial charge on any atom is -0.371 e. The summed E-state index contributed by atoms with van der Waals surface area (Å²) < 4.78 is 5.51. The molecule has 0 radical (unpaired) electrons. The second-order valence-electron chi connectivity index (χ2n) is 3.85. The molecule has 0 aliphatic carbocycles. The van der Waals surface area contributed by atoms with E-state index < -0.39 is 10.9 Å². The molecule has 1 aromatic heterocycles. The molecule has 0 unspecified atom stereocenters. The highest BCUT2D eigenvalue weighted by Gasteiger charge is 2.18. The van der Waals surface area contributed by atoms with Crippen LogP contribution in [0.5, 0.6) is 0 Å². The molecule has 1 heterocycles. The van der Waals surface area contributed by atoms with Gasteiger partial charge in [-0.1, -0.05) is 34.0 Å². The van der Waals surface area contributed by atoms with Crippen molar-refractivity contribution in [2.75, 3.05) is 0 Å². The fourth-order valence-electron chi connectivity index (χ4n) is 1.53. The predicted molar refractivity (Wildman–Crippen MR) is 80.4 cm³/mol. The standard InChI is InChI=1S/C12H8Cl3NO3S/c1-6-10(11(17)16(19-6)12(15)18)20-5-7-2-3-8(13)4-9(7)14/h2-4H,5H2,1H3. The number of halogens is 3. The fourth-order valence-corrected chi connectivity index (χ4v) is 3.19. The third-order valence-corrected chi connectivity index (χ3v) is 4.42. The number of hydrogen-bond acceptors (Lipinski definition) is 4. The number of thioether (sulfide) groups is 1. The van der Waals surface area contributed by atoms with Gasteiger partial charge in [-0.2, -0.15) is 0 Å². The zero-order valence-corrected chi connectivity index (χ0v) is 13.2. The van der Waals surface area contributed by atoms with Crippen molar-refractivity contribution in [2.24, 2.45) is 0 Å². The van der Waals surface area contributed by atoms with Crippen LogP contribution in [0.4, 0.5) is 4.79 Å². The van der Waals surface area contributed by atoms with Crippen molar-refractivity contribution < 1.29 is 9.32 Å². The molecule has 4 nitrogen and oxygen atoms in total. The lowest BCUT2D eigenvalue weighted by molar-refractivity contribution is 0.226. The van der Waals surface area contributed by atoms with Crippen LogP contribution in [0.15, 0.2) is 32.4 Å². The van der Waals surface area contributed by atoms with Crippen LogP contribution in [0.3, 0.4) is 0 Å². The third kappa shape index (κ3) is 3.23. The van der Waals surface area contributed by atoms with Crippen LogP contribution in [0.1, 0.15) is 11.3 Å². The van der Waals surface area contributed by atoms with Gasteiger partial charge in [0.1, 0.15) is 10.7 Å². The van der Waals surface area contributed by atoms with Gasteiger partial charge in [0.2, 0.25) is 0 Å². The zero-order chi connectivity index (χ0) is 14.9. The van der Waals surface area contributed by atoms with E-state index in [1.807, 2.05) is 0 Å². The minimum absolute atomic E-state index is 0.324. The van der Waals surface area contributed by atoms with Crippen LogP contribution in [0.25, 0.3) is 0 Å². The molecule has 0 aliphatic rings. The number of benzene rings is 1. The van der Waals surface area contributed by atoms with E-state index in [0.29, 0.717) is 31.2 Å². The molecule has 0 saturated heterocycles. The van der Waals surface area contributed by atoms with Crippen molar-refractivity contribution in [1.82, 2.24) is 4.74 Å². The Hall–Kier alpha value is -0.880. The van der Waals surface area contributed by atoms with Gasteiger partial charge in [0, 0.05) is 15.8 Å². The van der Waals surface area contributed by atoms with Crippen LogP contribution < -0.4 is 5.56 Å². The van der Waals surface area contributed by atoms with Crippen LogP contribution in [0, 0.1) is 6.92 Å². The number of carbonyl (C=O) groups is 1. The molecule has 8 heteroatoms. The average Bonchev–Trinajstić information content (AvgIpc) is 2.65. The third-order valence-electron chi connectivity index (χ3n) is 2.47. The second-order valence-corrected chi connectivity index (χ2v) is 6.01. The quantitative estimate of drug-likeness (QED) is 0.600. The van der Waals surface area contributed by atoms with Crippen LogP contribution in [0.2, 0.25) is 10.0 Å². The molecule has 0 aliphatic heterocycles. The van der Waals surface area contributed by atoms with Crippen molar-refractivity contribution in [2.45, 2.75) is 17.6 Å². The van der Waals surface area contributed by atoms with Crippen LogP contribution in [-0.2, 0) is 5.75 Å². The molecule has 2 rings (SSSR count). The van der Waals surface area contributed by atoms with E-state index in [0.717, 1.165) is 5.56 Å². The van der Waals surface area contributed by atoms with Gasteiger partial charge in [0.15, 0.2) is 0 Å². The average molecular weight is 353 g/mol. The number of nitrogens with zero attached hydrogens (tertiary/aromatic N) is 1. The van der Waals surface area contributed by atoms with E-state index in [-0.39, 0.29) is 0 Å². The van der Waals surface area contributed by atoms with Gasteiger partial charge in [-0.3, -0.25) is 9.59 Å². The Labute approximate surface area is 133 Å². The van der Waals surface area contributed by atoms with Crippen molar-refractivity contribution in [3.63, 3.8) is 0 Å². The molecule has 2 aromatic rings. The van der Waals surface area contributed by atoms with Gasteiger partial charge < -0.3 is 4.52 Å². The highest BCUT2D eigenvalue weighted by atomic mass is 35.5. The zero-order valence-electron chi connectivity index (χ0n) is 10.2. The number of carbonyl (C=O) groups excluding carboxylic acids is 1. The number of aromatic nitrogens is 1. The molecular weight excluding hydrogens is 345 g/mol. The fraction of sp³-hybridized carbons (Fsp3) is 0.167. The molecule has 0 bridgehead atoms. The van der Waals surface area contributed by atoms with Crippen molar-refractivity contribution >= 4 is 51.9 Å². The Morgan fingerprint density at radius 3 is 2.65 bits per heavy atom. The van der Waals surface area contributed by atoms with E-state index >= 15 is 0 Å². The van der Waals surface area contributed by atoms with Gasteiger partial charge in [-0.05, 0) is 36.2 Å². The maximum absolute atomic E-state index is 11.9. The molecule has 106 valence electrons. The highest BCUT2D eigenvalue weighted by Crippen LogP contribution is 2.28. The van der Waals surface area contributed by atoms with E-state index in [2.05, 4.69) is 0 Å². The molecule has 0 saturated carbocycles. The maximum Gasteiger partial charge on any atom is 0.357 e. The maximum atomic E-state index is 11.9. The molecule has 0 N–H and O–H groups in total. The van der Waals surface area contributed by atoms with Crippen LogP contribution in [-0.4, -0.2) is 10.1 Å². The largest absolute Gasteiger partial charge is 0.371 e. The van der Waals surface area contributed by atoms with Gasteiger partial charge in [0.25, 0.3) is 0 Å². The Morgan fingerprint density at radius 1 is 1.40 bits per heavy atom. The minimum atomic E-state index is -0.977. The van der Waals surface area contributed by atoms with Gasteiger partial charge in [-0.25, -0.2) is 0 Å². The Morgan fingerprint density at radius 2 is 2.10 bits per heavy atom. The SMILES string of the molecule is Cc1on(C(=O)Cl)c(=O)c1SCc1ccc(Cl)cc1Cl. The van der Waals surface area contributed by atoms with Crippen molar-refractivity contribution in [1.29, 1.82) is 0 Å². The summed E-state index contributed by atoms with van der Waals surface area (Å²) >= 11 is 18.3. The summed E-state index contributed by atoms with van der Waals surface area (Å²) in [4.78, 5) is 23.2. The van der Waals surface area contributed by atoms with Crippen molar-refractivity contribution in [3.8, 4) is 0 Å². The summed E-state index contributed by atoms with van der Waals surface area (Å²) in [6.45, 7) is 1.59. The lowest BCUT2D eigenvalue weighted by atomic mass is 10.2. The van der Waals surface area contributed by atoms with Crippen molar-refractivity contribution in [3.05, 3.63) is 49.9 Å². The molecule has 0 atom stereocenters. The van der Waals surface area contributed by atoms with E-state index in [9.17, 15) is 9.59 Å². The summed E-state index contributed by atoms with van der Waals surface area (Å²) in [5.74, 6) is 0.779. The normalized spacial score (nSPS) is 10.8. The molecular formula is C12H8Cl3NO3S. The number of aryl methyl sites for hydroxylation is 1. The summed E-state index contributed by atoms with van der Waals surface area (Å²) in [6.07, 6.45) is 0. The van der Waals surface area contributed by atoms with E-state index in [1.54, 1.807) is 25.1 Å². The van der Waals surface area contributed by atoms with Gasteiger partial charge in [0.05, 0.1) is 0 Å². The summed E-state index contributed by atoms with van der Waals surface area (Å²) in [6, 6.07) is 5.12. The first-order chi connectivity index (χ1) is 9.40. The monoisotopic (exact) mass is 351 g/mol. The summed E-state index contributed by atoms with van der Waals surface area (Å²) in [7, 11) is 0. The molecule has 20 heavy (non-hydrogen) atoms. The smallest absolute Gasteiger partial charge is 0.357 e. The Balaban J connectivity index is 2.23. The molecule has 0 fully saturated rings. The lowest BCUT2D eigenvalue weighted by Gasteiger charge is -2.03. The highest BCUT2D eigenvalue weighted by molar-refractivity contribution is 7.98.